The Kier molecular flexibility index (Phi) is 4.88. The fourth-order valence-electron chi connectivity index (χ4n) is 2.81. The molecule has 0 atom stereocenters. The van der Waals surface area contributed by atoms with Crippen LogP contribution in [0.5, 0.6) is 11.6 Å². The van der Waals surface area contributed by atoms with Gasteiger partial charge in [0.25, 0.3) is 0 Å². The van der Waals surface area contributed by atoms with Crippen molar-refractivity contribution in [3.05, 3.63) is 80.8 Å². The van der Waals surface area contributed by atoms with Crippen LogP contribution in [-0.2, 0) is 11.2 Å². The predicted octanol–water partition coefficient (Wildman–Crippen LogP) is 2.61. The summed E-state index contributed by atoms with van der Waals surface area (Å²) >= 11 is 1.16. The van der Waals surface area contributed by atoms with Crippen LogP contribution in [0.3, 0.4) is 0 Å². The zero-order valence-corrected chi connectivity index (χ0v) is 15.7. The molecule has 0 bridgehead atoms. The van der Waals surface area contributed by atoms with Gasteiger partial charge in [-0.3, -0.25) is 10.2 Å². The molecule has 29 heavy (non-hydrogen) atoms. The summed E-state index contributed by atoms with van der Waals surface area (Å²) < 4.78 is 6.25. The van der Waals surface area contributed by atoms with Crippen molar-refractivity contribution in [1.82, 2.24) is 4.68 Å². The van der Waals surface area contributed by atoms with Crippen molar-refractivity contribution >= 4 is 33.9 Å². The highest BCUT2D eigenvalue weighted by Crippen LogP contribution is 2.22. The predicted molar refractivity (Wildman–Crippen MR) is 108 cm³/mol. The third-order valence-electron chi connectivity index (χ3n) is 4.07. The number of hydrogen-bond acceptors (Lipinski definition) is 7. The van der Waals surface area contributed by atoms with Crippen LogP contribution in [0.1, 0.15) is 5.56 Å². The number of benzene rings is 2. The van der Waals surface area contributed by atoms with E-state index < -0.39 is 11.5 Å². The molecular weight excluding hydrogens is 394 g/mol. The summed E-state index contributed by atoms with van der Waals surface area (Å²) in [6, 6.07) is 14.7. The quantitative estimate of drug-likeness (QED) is 0.448. The average Bonchev–Trinajstić information content (AvgIpc) is 3.01. The first-order valence-corrected chi connectivity index (χ1v) is 9.42. The minimum atomic E-state index is -0.628. The SMILES string of the molecule is O=C(Cc1cc(=O)oc2cc(O)ccc12)Nn1c(O)csc1=Nc1ccccc1. The highest BCUT2D eigenvalue weighted by molar-refractivity contribution is 7.07. The number of nitrogens with one attached hydrogen (secondary N) is 1. The molecule has 0 radical (unpaired) electrons. The van der Waals surface area contributed by atoms with Crippen molar-refractivity contribution in [2.24, 2.45) is 4.99 Å². The highest BCUT2D eigenvalue weighted by atomic mass is 32.1. The zero-order valence-electron chi connectivity index (χ0n) is 14.9. The maximum Gasteiger partial charge on any atom is 0.336 e. The summed E-state index contributed by atoms with van der Waals surface area (Å²) in [5, 5.41) is 21.6. The van der Waals surface area contributed by atoms with E-state index in [1.807, 2.05) is 18.2 Å². The summed E-state index contributed by atoms with van der Waals surface area (Å²) in [4.78, 5) is 29.2. The second-order valence-corrected chi connectivity index (χ2v) is 6.98. The fraction of sp³-hybridized carbons (Fsp3) is 0.0500. The molecular formula is C20H15N3O5S. The van der Waals surface area contributed by atoms with Gasteiger partial charge in [0.1, 0.15) is 11.3 Å². The van der Waals surface area contributed by atoms with E-state index in [2.05, 4.69) is 10.4 Å². The lowest BCUT2D eigenvalue weighted by Gasteiger charge is -2.09. The highest BCUT2D eigenvalue weighted by Gasteiger charge is 2.13. The second kappa shape index (κ2) is 7.64. The second-order valence-electron chi connectivity index (χ2n) is 6.14. The van der Waals surface area contributed by atoms with Crippen molar-refractivity contribution in [2.45, 2.75) is 6.42 Å². The van der Waals surface area contributed by atoms with Crippen molar-refractivity contribution in [3.8, 4) is 11.6 Å². The van der Waals surface area contributed by atoms with Crippen LogP contribution in [0.2, 0.25) is 0 Å². The fourth-order valence-corrected chi connectivity index (χ4v) is 3.52. The Labute approximate surface area is 167 Å². The lowest BCUT2D eigenvalue weighted by atomic mass is 10.1. The van der Waals surface area contributed by atoms with Gasteiger partial charge < -0.3 is 14.6 Å². The van der Waals surface area contributed by atoms with E-state index in [0.717, 1.165) is 11.3 Å². The molecule has 4 aromatic rings. The standard InChI is InChI=1S/C20H15N3O5S/c24-14-6-7-15-12(9-19(27)28-16(15)10-14)8-17(25)22-23-18(26)11-29-20(23)21-13-4-2-1-3-5-13/h1-7,9-11,24,26H,8H2,(H,22,25). The molecule has 0 spiro atoms. The van der Waals surface area contributed by atoms with Gasteiger partial charge in [-0.25, -0.2) is 9.79 Å². The van der Waals surface area contributed by atoms with Crippen LogP contribution in [0.4, 0.5) is 5.69 Å². The third-order valence-corrected chi connectivity index (χ3v) is 4.89. The number of amides is 1. The monoisotopic (exact) mass is 409 g/mol. The summed E-state index contributed by atoms with van der Waals surface area (Å²) in [5.74, 6) is -0.679. The Morgan fingerprint density at radius 2 is 1.93 bits per heavy atom. The number of aromatic nitrogens is 1. The Hall–Kier alpha value is -3.85. The van der Waals surface area contributed by atoms with E-state index in [9.17, 15) is 19.8 Å². The Morgan fingerprint density at radius 1 is 1.14 bits per heavy atom. The maximum atomic E-state index is 12.6. The first-order valence-electron chi connectivity index (χ1n) is 8.54. The smallest absolute Gasteiger partial charge is 0.336 e. The number of thiazole rings is 1. The largest absolute Gasteiger partial charge is 0.508 e. The van der Waals surface area contributed by atoms with Crippen LogP contribution in [0, 0.1) is 0 Å². The van der Waals surface area contributed by atoms with Crippen LogP contribution >= 0.6 is 11.3 Å². The van der Waals surface area contributed by atoms with Gasteiger partial charge in [0.15, 0.2) is 0 Å². The number of carbonyl (C=O) groups excluding carboxylic acids is 1. The van der Waals surface area contributed by atoms with Gasteiger partial charge in [-0.1, -0.05) is 29.5 Å². The molecule has 0 saturated heterocycles. The number of carbonyl (C=O) groups is 1. The van der Waals surface area contributed by atoms with Gasteiger partial charge in [0.2, 0.25) is 16.6 Å². The maximum absolute atomic E-state index is 12.6. The molecule has 0 saturated carbocycles. The van der Waals surface area contributed by atoms with Gasteiger partial charge in [-0.05, 0) is 29.8 Å². The topological polar surface area (TPSA) is 117 Å². The van der Waals surface area contributed by atoms with Gasteiger partial charge in [-0.2, -0.15) is 4.68 Å². The number of aromatic hydroxyl groups is 2. The van der Waals surface area contributed by atoms with Gasteiger partial charge in [-0.15, -0.1) is 0 Å². The van der Waals surface area contributed by atoms with Crippen LogP contribution in [-0.4, -0.2) is 20.8 Å². The Balaban J connectivity index is 1.64. The molecule has 0 aliphatic rings. The molecule has 0 aliphatic heterocycles. The molecule has 0 fully saturated rings. The summed E-state index contributed by atoms with van der Waals surface area (Å²) in [5.41, 5.74) is 3.25. The van der Waals surface area contributed by atoms with Gasteiger partial charge in [0, 0.05) is 17.5 Å². The number of rotatable bonds is 4. The average molecular weight is 409 g/mol. The van der Waals surface area contributed by atoms with Crippen molar-refractivity contribution in [2.75, 3.05) is 5.43 Å². The molecule has 0 unspecified atom stereocenters. The molecule has 2 aromatic carbocycles. The normalized spacial score (nSPS) is 11.7. The van der Waals surface area contributed by atoms with Crippen LogP contribution < -0.4 is 15.9 Å². The van der Waals surface area contributed by atoms with Gasteiger partial charge >= 0.3 is 5.63 Å². The van der Waals surface area contributed by atoms with Crippen molar-refractivity contribution < 1.29 is 19.4 Å². The van der Waals surface area contributed by atoms with Crippen molar-refractivity contribution in [1.29, 1.82) is 0 Å². The van der Waals surface area contributed by atoms with E-state index in [0.29, 0.717) is 21.4 Å². The number of fused-ring (bicyclic) bond motifs is 1. The minimum Gasteiger partial charge on any atom is -0.508 e. The lowest BCUT2D eigenvalue weighted by Crippen LogP contribution is -2.31. The molecule has 8 nitrogen and oxygen atoms in total. The lowest BCUT2D eigenvalue weighted by molar-refractivity contribution is -0.116. The third kappa shape index (κ3) is 4.04. The molecule has 0 aliphatic carbocycles. The molecule has 9 heteroatoms. The molecule has 146 valence electrons. The van der Waals surface area contributed by atoms with E-state index in [1.54, 1.807) is 18.2 Å². The summed E-state index contributed by atoms with van der Waals surface area (Å²) in [7, 11) is 0. The Bertz CT molecular complexity index is 1320. The summed E-state index contributed by atoms with van der Waals surface area (Å²) in [6.45, 7) is 0. The Morgan fingerprint density at radius 3 is 2.72 bits per heavy atom. The first kappa shape index (κ1) is 18.5. The minimum absolute atomic E-state index is 0.0480. The van der Waals surface area contributed by atoms with Crippen molar-refractivity contribution in [3.63, 3.8) is 0 Å². The van der Waals surface area contributed by atoms with Crippen LogP contribution in [0.15, 0.2) is 74.2 Å². The number of nitrogens with zero attached hydrogens (tertiary/aromatic N) is 2. The molecule has 2 heterocycles. The number of hydrogen-bond donors (Lipinski definition) is 3. The van der Waals surface area contributed by atoms with E-state index >= 15 is 0 Å². The van der Waals surface area contributed by atoms with E-state index in [-0.39, 0.29) is 23.6 Å². The number of para-hydroxylation sites is 1. The zero-order chi connectivity index (χ0) is 20.4. The molecule has 1 amide bonds. The van der Waals surface area contributed by atoms with E-state index in [1.165, 1.54) is 28.3 Å². The molecule has 2 aromatic heterocycles. The van der Waals surface area contributed by atoms with E-state index in [4.69, 9.17) is 4.42 Å². The molecule has 4 rings (SSSR count). The number of phenols is 1. The molecule has 3 N–H and O–H groups in total. The summed E-state index contributed by atoms with van der Waals surface area (Å²) in [6.07, 6.45) is -0.139. The van der Waals surface area contributed by atoms with Crippen LogP contribution in [0.25, 0.3) is 11.0 Å². The first-order chi connectivity index (χ1) is 14.0. The van der Waals surface area contributed by atoms with Gasteiger partial charge in [0.05, 0.1) is 17.5 Å². The number of phenolic OH excluding ortho intramolecular Hbond substituents is 1.